The van der Waals surface area contributed by atoms with E-state index in [0.717, 1.165) is 12.5 Å². The number of aromatic amines is 1. The Morgan fingerprint density at radius 3 is 2.95 bits per heavy atom. The Morgan fingerprint density at radius 2 is 2.29 bits per heavy atom. The number of benzene rings is 1. The van der Waals surface area contributed by atoms with E-state index in [2.05, 4.69) is 20.5 Å². The van der Waals surface area contributed by atoms with Crippen LogP contribution in [0.5, 0.6) is 0 Å². The average Bonchev–Trinajstić information content (AvgIpc) is 2.89. The molecule has 0 fully saturated rings. The minimum Gasteiger partial charge on any atom is -0.313 e. The van der Waals surface area contributed by atoms with Gasteiger partial charge in [0.15, 0.2) is 0 Å². The fraction of sp³-hybridized carbons (Fsp3) is 0.250. The van der Waals surface area contributed by atoms with Crippen molar-refractivity contribution in [3.8, 4) is 0 Å². The Hall–Kier alpha value is -2.48. The molecule has 1 amide bonds. The van der Waals surface area contributed by atoms with Gasteiger partial charge in [0.05, 0.1) is 4.92 Å². The summed E-state index contributed by atoms with van der Waals surface area (Å²) in [4.78, 5) is 26.3. The number of aryl methyl sites for hydroxylation is 1. The third-order valence-corrected chi connectivity index (χ3v) is 2.86. The van der Waals surface area contributed by atoms with Crippen molar-refractivity contribution in [2.24, 2.45) is 0 Å². The second-order valence-electron chi connectivity index (χ2n) is 4.23. The van der Waals surface area contributed by atoms with E-state index in [1.165, 1.54) is 12.1 Å². The Labute approximate surface area is 124 Å². The van der Waals surface area contributed by atoms with Crippen molar-refractivity contribution in [3.05, 3.63) is 45.0 Å². The number of anilines is 1. The van der Waals surface area contributed by atoms with Crippen molar-refractivity contribution in [2.75, 3.05) is 5.32 Å². The van der Waals surface area contributed by atoms with Gasteiger partial charge in [0.1, 0.15) is 11.5 Å². The van der Waals surface area contributed by atoms with Crippen LogP contribution in [0.2, 0.25) is 5.02 Å². The van der Waals surface area contributed by atoms with Crippen molar-refractivity contribution in [1.29, 1.82) is 0 Å². The first kappa shape index (κ1) is 14.9. The molecule has 0 atom stereocenters. The highest BCUT2D eigenvalue weighted by atomic mass is 35.5. The summed E-state index contributed by atoms with van der Waals surface area (Å²) in [5, 5.41) is 20.0. The number of amides is 1. The van der Waals surface area contributed by atoms with Gasteiger partial charge in [0.2, 0.25) is 5.82 Å². The van der Waals surface area contributed by atoms with Crippen LogP contribution in [-0.2, 0) is 6.42 Å². The molecule has 2 N–H and O–H groups in total. The SMILES string of the molecule is CCCc1nc(C(=O)Nc2ccc(Cl)cc2[N+](=O)[O-])n[nH]1. The highest BCUT2D eigenvalue weighted by Gasteiger charge is 2.19. The number of nitrogens with zero attached hydrogens (tertiary/aromatic N) is 3. The van der Waals surface area contributed by atoms with Crippen LogP contribution in [0.25, 0.3) is 0 Å². The zero-order chi connectivity index (χ0) is 15.4. The Morgan fingerprint density at radius 1 is 1.52 bits per heavy atom. The van der Waals surface area contributed by atoms with Crippen LogP contribution in [0, 0.1) is 10.1 Å². The third-order valence-electron chi connectivity index (χ3n) is 2.63. The van der Waals surface area contributed by atoms with Crippen LogP contribution >= 0.6 is 11.6 Å². The lowest BCUT2D eigenvalue weighted by Gasteiger charge is -2.03. The molecule has 0 unspecified atom stereocenters. The number of nitrogens with one attached hydrogen (secondary N) is 2. The molecule has 1 heterocycles. The molecule has 9 heteroatoms. The molecule has 0 saturated heterocycles. The first-order valence-electron chi connectivity index (χ1n) is 6.17. The molecule has 0 spiro atoms. The number of carbonyl (C=O) groups is 1. The van der Waals surface area contributed by atoms with E-state index in [1.807, 2.05) is 6.92 Å². The van der Waals surface area contributed by atoms with Crippen molar-refractivity contribution in [3.63, 3.8) is 0 Å². The number of nitro benzene ring substituents is 1. The molecule has 2 aromatic rings. The van der Waals surface area contributed by atoms with Crippen molar-refractivity contribution < 1.29 is 9.72 Å². The van der Waals surface area contributed by atoms with Gasteiger partial charge in [-0.2, -0.15) is 0 Å². The van der Waals surface area contributed by atoms with E-state index in [-0.39, 0.29) is 22.2 Å². The van der Waals surface area contributed by atoms with Crippen LogP contribution in [0.4, 0.5) is 11.4 Å². The van der Waals surface area contributed by atoms with Crippen molar-refractivity contribution >= 4 is 28.9 Å². The minimum absolute atomic E-state index is 0.0382. The Kier molecular flexibility index (Phi) is 4.49. The number of aromatic nitrogens is 3. The average molecular weight is 310 g/mol. The van der Waals surface area contributed by atoms with Gasteiger partial charge in [0, 0.05) is 17.5 Å². The van der Waals surface area contributed by atoms with E-state index >= 15 is 0 Å². The van der Waals surface area contributed by atoms with Crippen LogP contribution in [0.15, 0.2) is 18.2 Å². The minimum atomic E-state index is -0.626. The van der Waals surface area contributed by atoms with Gasteiger partial charge in [-0.25, -0.2) is 4.98 Å². The monoisotopic (exact) mass is 309 g/mol. The lowest BCUT2D eigenvalue weighted by Crippen LogP contribution is -2.15. The number of hydrogen-bond donors (Lipinski definition) is 2. The summed E-state index contributed by atoms with van der Waals surface area (Å²) < 4.78 is 0. The molecule has 0 bridgehead atoms. The smallest absolute Gasteiger partial charge is 0.295 e. The largest absolute Gasteiger partial charge is 0.313 e. The second-order valence-corrected chi connectivity index (χ2v) is 4.66. The predicted octanol–water partition coefficient (Wildman–Crippen LogP) is 2.57. The Bertz CT molecular complexity index is 685. The molecule has 0 aliphatic carbocycles. The van der Waals surface area contributed by atoms with Gasteiger partial charge >= 0.3 is 0 Å². The van der Waals surface area contributed by atoms with Gasteiger partial charge in [-0.3, -0.25) is 20.0 Å². The number of halogens is 1. The van der Waals surface area contributed by atoms with Gasteiger partial charge in [-0.15, -0.1) is 5.10 Å². The molecule has 1 aromatic heterocycles. The number of rotatable bonds is 5. The van der Waals surface area contributed by atoms with Gasteiger partial charge in [-0.05, 0) is 18.6 Å². The van der Waals surface area contributed by atoms with Gasteiger partial charge in [-0.1, -0.05) is 18.5 Å². The van der Waals surface area contributed by atoms with E-state index in [9.17, 15) is 14.9 Å². The molecule has 110 valence electrons. The molecule has 1 aromatic carbocycles. The summed E-state index contributed by atoms with van der Waals surface area (Å²) >= 11 is 5.71. The number of carbonyl (C=O) groups excluding carboxylic acids is 1. The van der Waals surface area contributed by atoms with Crippen LogP contribution in [-0.4, -0.2) is 26.0 Å². The van der Waals surface area contributed by atoms with Crippen LogP contribution < -0.4 is 5.32 Å². The maximum atomic E-state index is 12.0. The zero-order valence-corrected chi connectivity index (χ0v) is 11.8. The molecule has 2 rings (SSSR count). The molecule has 0 radical (unpaired) electrons. The maximum Gasteiger partial charge on any atom is 0.295 e. The third kappa shape index (κ3) is 3.54. The van der Waals surface area contributed by atoms with Gasteiger partial charge < -0.3 is 5.32 Å². The first-order chi connectivity index (χ1) is 10.0. The zero-order valence-electron chi connectivity index (χ0n) is 11.1. The maximum absolute atomic E-state index is 12.0. The number of nitro groups is 1. The summed E-state index contributed by atoms with van der Waals surface area (Å²) in [6.07, 6.45) is 1.53. The lowest BCUT2D eigenvalue weighted by molar-refractivity contribution is -0.383. The normalized spacial score (nSPS) is 10.4. The standard InChI is InChI=1S/C12H12ClN5O3/c1-2-3-10-15-11(17-16-10)12(19)14-8-5-4-7(13)6-9(8)18(20)21/h4-6H,2-3H2,1H3,(H,14,19)(H,15,16,17). The fourth-order valence-electron chi connectivity index (χ4n) is 1.69. The lowest BCUT2D eigenvalue weighted by atomic mass is 10.2. The molecular weight excluding hydrogens is 298 g/mol. The molecule has 0 aliphatic heterocycles. The molecule has 0 saturated carbocycles. The number of hydrogen-bond acceptors (Lipinski definition) is 5. The first-order valence-corrected chi connectivity index (χ1v) is 6.55. The second kappa shape index (κ2) is 6.31. The summed E-state index contributed by atoms with van der Waals surface area (Å²) in [7, 11) is 0. The predicted molar refractivity (Wildman–Crippen MR) is 76.4 cm³/mol. The Balaban J connectivity index is 2.20. The summed E-state index contributed by atoms with van der Waals surface area (Å²) in [6, 6.07) is 3.97. The molecule has 0 aliphatic rings. The van der Waals surface area contributed by atoms with Crippen LogP contribution in [0.1, 0.15) is 29.8 Å². The van der Waals surface area contributed by atoms with Crippen LogP contribution in [0.3, 0.4) is 0 Å². The summed E-state index contributed by atoms with van der Waals surface area (Å²) in [5.41, 5.74) is -0.253. The van der Waals surface area contributed by atoms with E-state index in [0.29, 0.717) is 12.2 Å². The van der Waals surface area contributed by atoms with Crippen molar-refractivity contribution in [1.82, 2.24) is 15.2 Å². The van der Waals surface area contributed by atoms with Crippen molar-refractivity contribution in [2.45, 2.75) is 19.8 Å². The summed E-state index contributed by atoms with van der Waals surface area (Å²) in [6.45, 7) is 1.97. The fourth-order valence-corrected chi connectivity index (χ4v) is 1.85. The van der Waals surface area contributed by atoms with E-state index < -0.39 is 10.8 Å². The van der Waals surface area contributed by atoms with Gasteiger partial charge in [0.25, 0.3) is 11.6 Å². The number of H-pyrrole nitrogens is 1. The molecule has 8 nitrogen and oxygen atoms in total. The highest BCUT2D eigenvalue weighted by Crippen LogP contribution is 2.27. The molecule has 21 heavy (non-hydrogen) atoms. The topological polar surface area (TPSA) is 114 Å². The quantitative estimate of drug-likeness (QED) is 0.650. The highest BCUT2D eigenvalue weighted by molar-refractivity contribution is 6.31. The van der Waals surface area contributed by atoms with E-state index in [1.54, 1.807) is 0 Å². The van der Waals surface area contributed by atoms with E-state index in [4.69, 9.17) is 11.6 Å². The summed E-state index contributed by atoms with van der Waals surface area (Å²) in [5.74, 6) is -0.102. The molecular formula is C12H12ClN5O3.